The average molecular weight is 273 g/mol. The number of aliphatic carboxylic acids is 1. The van der Waals surface area contributed by atoms with Gasteiger partial charge in [-0.3, -0.25) is 9.59 Å². The first-order valence-corrected chi connectivity index (χ1v) is 7.25. The fourth-order valence-electron chi connectivity index (χ4n) is 3.93. The van der Waals surface area contributed by atoms with Gasteiger partial charge in [-0.15, -0.1) is 0 Å². The zero-order chi connectivity index (χ0) is 14.1. The molecule has 3 fully saturated rings. The van der Waals surface area contributed by atoms with Gasteiger partial charge in [0.05, 0.1) is 11.8 Å². The van der Waals surface area contributed by atoms with Crippen LogP contribution in [0, 0.1) is 23.7 Å². The third kappa shape index (κ3) is 2.30. The van der Waals surface area contributed by atoms with Crippen LogP contribution in [0.1, 0.15) is 25.7 Å². The molecule has 1 aromatic rings. The number of carboxylic acid groups (broad SMARTS) is 1. The minimum absolute atomic E-state index is 0.127. The second kappa shape index (κ2) is 5.27. The van der Waals surface area contributed by atoms with E-state index in [1.807, 2.05) is 30.3 Å². The lowest BCUT2D eigenvalue weighted by molar-refractivity contribution is -0.156. The molecule has 4 heteroatoms. The Balaban J connectivity index is 1.80. The summed E-state index contributed by atoms with van der Waals surface area (Å²) in [5.41, 5.74) is 0.739. The lowest BCUT2D eigenvalue weighted by Gasteiger charge is -2.45. The van der Waals surface area contributed by atoms with Crippen LogP contribution in [0.25, 0.3) is 0 Å². The van der Waals surface area contributed by atoms with Crippen LogP contribution in [0.4, 0.5) is 5.69 Å². The Bertz CT molecular complexity index is 506. The molecule has 1 aromatic carbocycles. The number of amides is 1. The standard InChI is InChI=1S/C16H19NO3/c18-15(17-12-4-2-1-3-5-12)13-10-6-8-11(9-7-10)14(13)16(19)20/h1-5,10-11,13-14H,6-9H2,(H,17,18)(H,19,20)/t10?,11?,13-,14+/m1/s1. The van der Waals surface area contributed by atoms with Gasteiger partial charge in [-0.2, -0.15) is 0 Å². The maximum Gasteiger partial charge on any atom is 0.307 e. The molecule has 20 heavy (non-hydrogen) atoms. The Hall–Kier alpha value is -1.84. The molecule has 106 valence electrons. The second-order valence-electron chi connectivity index (χ2n) is 5.92. The molecular formula is C16H19NO3. The molecule has 2 atom stereocenters. The lowest BCUT2D eigenvalue weighted by Crippen LogP contribution is -2.49. The quantitative estimate of drug-likeness (QED) is 0.890. The zero-order valence-electron chi connectivity index (χ0n) is 11.3. The number of carbonyl (C=O) groups is 2. The number of benzene rings is 1. The van der Waals surface area contributed by atoms with E-state index < -0.39 is 11.9 Å². The number of anilines is 1. The molecule has 0 saturated heterocycles. The zero-order valence-corrected chi connectivity index (χ0v) is 11.3. The van der Waals surface area contributed by atoms with Crippen molar-refractivity contribution in [2.75, 3.05) is 5.32 Å². The number of carboxylic acids is 1. The molecule has 0 aliphatic heterocycles. The molecule has 4 nitrogen and oxygen atoms in total. The monoisotopic (exact) mass is 273 g/mol. The number of hydrogen-bond donors (Lipinski definition) is 2. The lowest BCUT2D eigenvalue weighted by atomic mass is 9.58. The van der Waals surface area contributed by atoms with Crippen LogP contribution in [-0.2, 0) is 9.59 Å². The molecular weight excluding hydrogens is 254 g/mol. The van der Waals surface area contributed by atoms with Gasteiger partial charge < -0.3 is 10.4 Å². The van der Waals surface area contributed by atoms with Gasteiger partial charge in [0.15, 0.2) is 0 Å². The highest BCUT2D eigenvalue weighted by molar-refractivity contribution is 5.95. The van der Waals surface area contributed by atoms with Crippen molar-refractivity contribution in [2.45, 2.75) is 25.7 Å². The topological polar surface area (TPSA) is 66.4 Å². The van der Waals surface area contributed by atoms with Crippen LogP contribution >= 0.6 is 0 Å². The smallest absolute Gasteiger partial charge is 0.307 e. The second-order valence-corrected chi connectivity index (χ2v) is 5.92. The molecule has 2 bridgehead atoms. The normalized spacial score (nSPS) is 31.8. The van der Waals surface area contributed by atoms with E-state index in [0.29, 0.717) is 0 Å². The summed E-state index contributed by atoms with van der Waals surface area (Å²) in [7, 11) is 0. The first-order chi connectivity index (χ1) is 9.66. The van der Waals surface area contributed by atoms with Gasteiger partial charge in [-0.25, -0.2) is 0 Å². The highest BCUT2D eigenvalue weighted by Crippen LogP contribution is 2.49. The molecule has 0 unspecified atom stereocenters. The summed E-state index contributed by atoms with van der Waals surface area (Å²) in [6.07, 6.45) is 3.89. The van der Waals surface area contributed by atoms with Gasteiger partial charge >= 0.3 is 5.97 Å². The Morgan fingerprint density at radius 2 is 1.50 bits per heavy atom. The number of fused-ring (bicyclic) bond motifs is 3. The predicted molar refractivity (Wildman–Crippen MR) is 75.1 cm³/mol. The number of nitrogens with one attached hydrogen (secondary N) is 1. The molecule has 0 radical (unpaired) electrons. The Morgan fingerprint density at radius 1 is 0.950 bits per heavy atom. The molecule has 0 spiro atoms. The summed E-state index contributed by atoms with van der Waals surface area (Å²) in [6, 6.07) is 9.26. The van der Waals surface area contributed by atoms with Crippen molar-refractivity contribution in [2.24, 2.45) is 23.7 Å². The van der Waals surface area contributed by atoms with Gasteiger partial charge in [0, 0.05) is 5.69 Å². The minimum atomic E-state index is -0.812. The molecule has 1 amide bonds. The molecule has 4 rings (SSSR count). The molecule has 0 heterocycles. The maximum atomic E-state index is 12.5. The fraction of sp³-hybridized carbons (Fsp3) is 0.500. The van der Waals surface area contributed by atoms with Gasteiger partial charge in [0.25, 0.3) is 0 Å². The highest BCUT2D eigenvalue weighted by atomic mass is 16.4. The van der Waals surface area contributed by atoms with E-state index in [4.69, 9.17) is 0 Å². The molecule has 2 N–H and O–H groups in total. The van der Waals surface area contributed by atoms with Crippen molar-refractivity contribution in [3.63, 3.8) is 0 Å². The van der Waals surface area contributed by atoms with E-state index in [0.717, 1.165) is 31.4 Å². The van der Waals surface area contributed by atoms with Crippen molar-refractivity contribution in [3.05, 3.63) is 30.3 Å². The van der Waals surface area contributed by atoms with Gasteiger partial charge in [0.2, 0.25) is 5.91 Å². The van der Waals surface area contributed by atoms with Crippen LogP contribution in [-0.4, -0.2) is 17.0 Å². The summed E-state index contributed by atoms with van der Waals surface area (Å²) >= 11 is 0. The highest BCUT2D eigenvalue weighted by Gasteiger charge is 2.50. The first kappa shape index (κ1) is 13.2. The van der Waals surface area contributed by atoms with Crippen molar-refractivity contribution in [3.8, 4) is 0 Å². The number of hydrogen-bond acceptors (Lipinski definition) is 2. The van der Waals surface area contributed by atoms with Crippen molar-refractivity contribution in [1.82, 2.24) is 0 Å². The summed E-state index contributed by atoms with van der Waals surface area (Å²) in [6.45, 7) is 0. The van der Waals surface area contributed by atoms with Crippen molar-refractivity contribution >= 4 is 17.6 Å². The van der Waals surface area contributed by atoms with Gasteiger partial charge in [-0.05, 0) is 49.7 Å². The summed E-state index contributed by atoms with van der Waals surface area (Å²) in [5.74, 6) is -1.43. The van der Waals surface area contributed by atoms with Crippen molar-refractivity contribution in [1.29, 1.82) is 0 Å². The molecule has 3 saturated carbocycles. The number of carbonyl (C=O) groups excluding carboxylic acids is 1. The third-order valence-corrected chi connectivity index (χ3v) is 4.85. The van der Waals surface area contributed by atoms with Crippen molar-refractivity contribution < 1.29 is 14.7 Å². The molecule has 0 aromatic heterocycles. The van der Waals surface area contributed by atoms with E-state index in [9.17, 15) is 14.7 Å². The summed E-state index contributed by atoms with van der Waals surface area (Å²) in [5, 5.41) is 12.3. The van der Waals surface area contributed by atoms with E-state index in [-0.39, 0.29) is 23.7 Å². The third-order valence-electron chi connectivity index (χ3n) is 4.85. The van der Waals surface area contributed by atoms with E-state index in [2.05, 4.69) is 5.32 Å². The largest absolute Gasteiger partial charge is 0.481 e. The summed E-state index contributed by atoms with van der Waals surface area (Å²) < 4.78 is 0. The van der Waals surface area contributed by atoms with Crippen LogP contribution < -0.4 is 5.32 Å². The van der Waals surface area contributed by atoms with E-state index >= 15 is 0 Å². The number of rotatable bonds is 3. The van der Waals surface area contributed by atoms with Gasteiger partial charge in [-0.1, -0.05) is 18.2 Å². The SMILES string of the molecule is O=C(Nc1ccccc1)[C@@H]1C2CCC(CC2)[C@@H]1C(=O)O. The first-order valence-electron chi connectivity index (χ1n) is 7.25. The van der Waals surface area contributed by atoms with Crippen LogP contribution in [0.3, 0.4) is 0 Å². The van der Waals surface area contributed by atoms with E-state index in [1.54, 1.807) is 0 Å². The average Bonchev–Trinajstić information content (AvgIpc) is 2.48. The van der Waals surface area contributed by atoms with E-state index in [1.165, 1.54) is 0 Å². The molecule has 3 aliphatic carbocycles. The summed E-state index contributed by atoms with van der Waals surface area (Å²) in [4.78, 5) is 24.0. The fourth-order valence-corrected chi connectivity index (χ4v) is 3.93. The minimum Gasteiger partial charge on any atom is -0.481 e. The Labute approximate surface area is 118 Å². The van der Waals surface area contributed by atoms with Gasteiger partial charge in [0.1, 0.15) is 0 Å². The Kier molecular flexibility index (Phi) is 3.47. The van der Waals surface area contributed by atoms with Crippen LogP contribution in [0.15, 0.2) is 30.3 Å². The van der Waals surface area contributed by atoms with Crippen LogP contribution in [0.5, 0.6) is 0 Å². The number of para-hydroxylation sites is 1. The molecule has 3 aliphatic rings. The van der Waals surface area contributed by atoms with Crippen LogP contribution in [0.2, 0.25) is 0 Å². The predicted octanol–water partition coefficient (Wildman–Crippen LogP) is 2.76. The Morgan fingerprint density at radius 3 is 2.05 bits per heavy atom. The maximum absolute atomic E-state index is 12.5.